The summed E-state index contributed by atoms with van der Waals surface area (Å²) in [6.45, 7) is 7.68. The number of piperidine rings is 1. The fourth-order valence-corrected chi connectivity index (χ4v) is 4.94. The number of hydrogen-bond donors (Lipinski definition) is 2. The zero-order valence-corrected chi connectivity index (χ0v) is 20.2. The summed E-state index contributed by atoms with van der Waals surface area (Å²) in [5.74, 6) is 0.275. The van der Waals surface area contributed by atoms with E-state index in [0.29, 0.717) is 18.2 Å². The van der Waals surface area contributed by atoms with Crippen molar-refractivity contribution in [2.24, 2.45) is 5.92 Å². The van der Waals surface area contributed by atoms with E-state index in [1.807, 2.05) is 4.90 Å². The van der Waals surface area contributed by atoms with Gasteiger partial charge in [0.25, 0.3) is 5.91 Å². The van der Waals surface area contributed by atoms with E-state index in [1.165, 1.54) is 23.0 Å². The molecule has 0 aliphatic carbocycles. The Morgan fingerprint density at radius 3 is 2.71 bits per heavy atom. The molecule has 2 aliphatic heterocycles. The lowest BCUT2D eigenvalue weighted by molar-refractivity contribution is -0.130. The standard InChI is InChI=1S/C26H35N5O3/c1-18-3-4-21-7-8-30(15-22(21)11-18)16-24(33)14-27-26(34)25-13-23(28-17-29-25)12-20-5-9-31(10-6-20)19(2)32/h3-4,11,13,17,20,24,33H,5-10,12,14-16H2,1-2H3,(H,27,34)/t24-/m0/s1. The highest BCUT2D eigenvalue weighted by Gasteiger charge is 2.22. The second-order valence-electron chi connectivity index (χ2n) is 9.67. The zero-order valence-electron chi connectivity index (χ0n) is 20.2. The molecule has 8 heteroatoms. The van der Waals surface area contributed by atoms with Crippen molar-refractivity contribution >= 4 is 11.8 Å². The minimum atomic E-state index is -0.650. The van der Waals surface area contributed by atoms with Crippen molar-refractivity contribution < 1.29 is 14.7 Å². The van der Waals surface area contributed by atoms with Crippen LogP contribution in [0, 0.1) is 12.8 Å². The number of hydrogen-bond acceptors (Lipinski definition) is 6. The lowest BCUT2D eigenvalue weighted by Crippen LogP contribution is -2.42. The number of carbonyl (C=O) groups excluding carboxylic acids is 2. The van der Waals surface area contributed by atoms with Gasteiger partial charge in [0, 0.05) is 51.9 Å². The Morgan fingerprint density at radius 2 is 1.94 bits per heavy atom. The molecular formula is C26H35N5O3. The number of nitrogens with zero attached hydrogens (tertiary/aromatic N) is 4. The zero-order chi connectivity index (χ0) is 24.1. The Morgan fingerprint density at radius 1 is 1.15 bits per heavy atom. The molecule has 0 radical (unpaired) electrons. The number of amides is 2. The quantitative estimate of drug-likeness (QED) is 0.646. The van der Waals surface area contributed by atoms with Gasteiger partial charge in [0.15, 0.2) is 0 Å². The Hall–Kier alpha value is -2.84. The number of benzene rings is 1. The molecule has 2 aliphatic rings. The summed E-state index contributed by atoms with van der Waals surface area (Å²) in [6, 6.07) is 8.30. The molecule has 2 amide bonds. The van der Waals surface area contributed by atoms with E-state index in [-0.39, 0.29) is 18.4 Å². The highest BCUT2D eigenvalue weighted by molar-refractivity contribution is 5.92. The topological polar surface area (TPSA) is 98.7 Å². The number of β-amino-alcohol motifs (C(OH)–C–C–N with tert-alkyl or cyclic N) is 1. The summed E-state index contributed by atoms with van der Waals surface area (Å²) in [4.78, 5) is 36.7. The van der Waals surface area contributed by atoms with Gasteiger partial charge in [-0.15, -0.1) is 0 Å². The fraction of sp³-hybridized carbons (Fsp3) is 0.538. The van der Waals surface area contributed by atoms with E-state index in [0.717, 1.165) is 57.6 Å². The molecule has 1 aromatic heterocycles. The molecule has 182 valence electrons. The second kappa shape index (κ2) is 11.1. The first kappa shape index (κ1) is 24.3. The smallest absolute Gasteiger partial charge is 0.270 e. The summed E-state index contributed by atoms with van der Waals surface area (Å²) in [5.41, 5.74) is 5.11. The molecule has 1 fully saturated rings. The number of aryl methyl sites for hydroxylation is 1. The molecule has 0 unspecified atom stereocenters. The molecule has 3 heterocycles. The molecule has 2 N–H and O–H groups in total. The van der Waals surface area contributed by atoms with Crippen molar-refractivity contribution in [1.29, 1.82) is 0 Å². The van der Waals surface area contributed by atoms with Crippen LogP contribution in [0.5, 0.6) is 0 Å². The van der Waals surface area contributed by atoms with Crippen molar-refractivity contribution in [3.05, 3.63) is 58.7 Å². The van der Waals surface area contributed by atoms with E-state index >= 15 is 0 Å². The van der Waals surface area contributed by atoms with Gasteiger partial charge in [0.05, 0.1) is 6.10 Å². The van der Waals surface area contributed by atoms with Gasteiger partial charge in [0.1, 0.15) is 12.0 Å². The van der Waals surface area contributed by atoms with Gasteiger partial charge in [-0.05, 0) is 55.7 Å². The number of nitrogens with one attached hydrogen (secondary N) is 1. The van der Waals surface area contributed by atoms with E-state index in [9.17, 15) is 14.7 Å². The van der Waals surface area contributed by atoms with Crippen molar-refractivity contribution in [3.8, 4) is 0 Å². The van der Waals surface area contributed by atoms with Crippen LogP contribution in [0.4, 0.5) is 0 Å². The molecular weight excluding hydrogens is 430 g/mol. The summed E-state index contributed by atoms with van der Waals surface area (Å²) >= 11 is 0. The maximum absolute atomic E-state index is 12.6. The molecule has 34 heavy (non-hydrogen) atoms. The number of aliphatic hydroxyl groups is 1. The van der Waals surface area contributed by atoms with Crippen LogP contribution >= 0.6 is 0 Å². The van der Waals surface area contributed by atoms with Crippen molar-refractivity contribution in [3.63, 3.8) is 0 Å². The van der Waals surface area contributed by atoms with Gasteiger partial charge in [-0.1, -0.05) is 23.8 Å². The van der Waals surface area contributed by atoms with Gasteiger partial charge < -0.3 is 15.3 Å². The van der Waals surface area contributed by atoms with Crippen molar-refractivity contribution in [2.45, 2.75) is 52.2 Å². The van der Waals surface area contributed by atoms with Crippen LogP contribution in [-0.4, -0.2) is 75.5 Å². The van der Waals surface area contributed by atoms with Gasteiger partial charge in [-0.3, -0.25) is 14.5 Å². The lowest BCUT2D eigenvalue weighted by Gasteiger charge is -2.31. The van der Waals surface area contributed by atoms with E-state index < -0.39 is 6.10 Å². The molecule has 1 saturated heterocycles. The van der Waals surface area contributed by atoms with Crippen LogP contribution in [0.1, 0.15) is 52.6 Å². The van der Waals surface area contributed by atoms with Crippen LogP contribution in [-0.2, 0) is 24.2 Å². The van der Waals surface area contributed by atoms with Crippen molar-refractivity contribution in [2.75, 3.05) is 32.7 Å². The summed E-state index contributed by atoms with van der Waals surface area (Å²) < 4.78 is 0. The number of aliphatic hydroxyl groups excluding tert-OH is 1. The predicted molar refractivity (Wildman–Crippen MR) is 129 cm³/mol. The Balaban J connectivity index is 1.23. The molecule has 8 nitrogen and oxygen atoms in total. The van der Waals surface area contributed by atoms with Gasteiger partial charge in [-0.2, -0.15) is 0 Å². The maximum Gasteiger partial charge on any atom is 0.270 e. The highest BCUT2D eigenvalue weighted by atomic mass is 16.3. The fourth-order valence-electron chi connectivity index (χ4n) is 4.94. The van der Waals surface area contributed by atoms with Crippen LogP contribution < -0.4 is 5.32 Å². The lowest BCUT2D eigenvalue weighted by atomic mass is 9.92. The van der Waals surface area contributed by atoms with Crippen LogP contribution in [0.2, 0.25) is 0 Å². The SMILES string of the molecule is CC(=O)N1CCC(Cc2cc(C(=O)NC[C@H](O)CN3CCc4ccc(C)cc4C3)ncn2)CC1. The number of likely N-dealkylation sites (tertiary alicyclic amines) is 1. The van der Waals surface area contributed by atoms with Gasteiger partial charge >= 0.3 is 0 Å². The minimum absolute atomic E-state index is 0.127. The number of aromatic nitrogens is 2. The molecule has 1 aromatic carbocycles. The number of fused-ring (bicyclic) bond motifs is 1. The van der Waals surface area contributed by atoms with E-state index in [4.69, 9.17) is 0 Å². The third-order valence-electron chi connectivity index (χ3n) is 6.93. The van der Waals surface area contributed by atoms with Crippen LogP contribution in [0.15, 0.2) is 30.6 Å². The summed E-state index contributed by atoms with van der Waals surface area (Å²) in [5, 5.41) is 13.3. The summed E-state index contributed by atoms with van der Waals surface area (Å²) in [6.07, 6.45) is 4.41. The predicted octanol–water partition coefficient (Wildman–Crippen LogP) is 1.74. The third kappa shape index (κ3) is 6.39. The first-order chi connectivity index (χ1) is 16.4. The normalized spacial score (nSPS) is 17.8. The third-order valence-corrected chi connectivity index (χ3v) is 6.93. The molecule has 1 atom stereocenters. The Labute approximate surface area is 201 Å². The molecule has 0 spiro atoms. The molecule has 2 aromatic rings. The van der Waals surface area contributed by atoms with Crippen LogP contribution in [0.25, 0.3) is 0 Å². The summed E-state index contributed by atoms with van der Waals surface area (Å²) in [7, 11) is 0. The van der Waals surface area contributed by atoms with Gasteiger partial charge in [-0.25, -0.2) is 9.97 Å². The first-order valence-electron chi connectivity index (χ1n) is 12.2. The average Bonchev–Trinajstić information content (AvgIpc) is 2.83. The number of rotatable bonds is 7. The van der Waals surface area contributed by atoms with Crippen molar-refractivity contribution in [1.82, 2.24) is 25.1 Å². The molecule has 0 bridgehead atoms. The van der Waals surface area contributed by atoms with E-state index in [2.05, 4.69) is 45.3 Å². The van der Waals surface area contributed by atoms with Gasteiger partial charge in [0.2, 0.25) is 5.91 Å². The Bertz CT molecular complexity index is 1020. The Kier molecular flexibility index (Phi) is 7.90. The monoisotopic (exact) mass is 465 g/mol. The average molecular weight is 466 g/mol. The first-order valence-corrected chi connectivity index (χ1v) is 12.2. The van der Waals surface area contributed by atoms with Crippen LogP contribution in [0.3, 0.4) is 0 Å². The highest BCUT2D eigenvalue weighted by Crippen LogP contribution is 2.22. The minimum Gasteiger partial charge on any atom is -0.390 e. The number of carbonyl (C=O) groups is 2. The van der Waals surface area contributed by atoms with E-state index in [1.54, 1.807) is 13.0 Å². The molecule has 0 saturated carbocycles. The second-order valence-corrected chi connectivity index (χ2v) is 9.67. The molecule has 4 rings (SSSR count). The maximum atomic E-state index is 12.6. The largest absolute Gasteiger partial charge is 0.390 e.